The van der Waals surface area contributed by atoms with Crippen molar-refractivity contribution in [3.8, 4) is 22.8 Å². The Morgan fingerprint density at radius 3 is 2.69 bits per heavy atom. The van der Waals surface area contributed by atoms with Gasteiger partial charge in [-0.15, -0.1) is 11.3 Å². The Labute approximate surface area is 152 Å². The number of aromatic nitrogens is 2. The van der Waals surface area contributed by atoms with Crippen molar-refractivity contribution in [2.45, 2.75) is 0 Å². The van der Waals surface area contributed by atoms with Crippen molar-refractivity contribution in [3.05, 3.63) is 77.9 Å². The molecule has 0 atom stereocenters. The summed E-state index contributed by atoms with van der Waals surface area (Å²) in [5.41, 5.74) is 2.87. The van der Waals surface area contributed by atoms with Crippen molar-refractivity contribution < 1.29 is 9.13 Å². The number of nitrogens with zero attached hydrogens (tertiary/aromatic N) is 1. The van der Waals surface area contributed by atoms with Gasteiger partial charge in [0.25, 0.3) is 0 Å². The average molecular weight is 360 g/mol. The van der Waals surface area contributed by atoms with Gasteiger partial charge in [0.05, 0.1) is 5.52 Å². The van der Waals surface area contributed by atoms with Gasteiger partial charge in [-0.3, -0.25) is 5.10 Å². The summed E-state index contributed by atoms with van der Waals surface area (Å²) in [7, 11) is 0. The maximum absolute atomic E-state index is 13.8. The van der Waals surface area contributed by atoms with Crippen molar-refractivity contribution in [3.63, 3.8) is 0 Å². The lowest BCUT2D eigenvalue weighted by Gasteiger charge is -2.06. The fourth-order valence-corrected chi connectivity index (χ4v) is 4.03. The van der Waals surface area contributed by atoms with Gasteiger partial charge in [0.15, 0.2) is 11.6 Å². The lowest BCUT2D eigenvalue weighted by molar-refractivity contribution is 0.443. The second-order valence-corrected chi connectivity index (χ2v) is 6.87. The van der Waals surface area contributed by atoms with Gasteiger partial charge in [0, 0.05) is 32.5 Å². The van der Waals surface area contributed by atoms with Crippen LogP contribution in [0.25, 0.3) is 32.2 Å². The molecule has 126 valence electrons. The molecule has 0 aliphatic heterocycles. The predicted molar refractivity (Wildman–Crippen MR) is 103 cm³/mol. The second-order valence-electron chi connectivity index (χ2n) is 5.96. The molecule has 0 spiro atoms. The van der Waals surface area contributed by atoms with Crippen LogP contribution in [0.1, 0.15) is 0 Å². The molecule has 5 heteroatoms. The van der Waals surface area contributed by atoms with Gasteiger partial charge in [-0.25, -0.2) is 4.39 Å². The molecule has 5 rings (SSSR count). The highest BCUT2D eigenvalue weighted by atomic mass is 32.1. The topological polar surface area (TPSA) is 37.9 Å². The second kappa shape index (κ2) is 5.97. The van der Waals surface area contributed by atoms with Crippen LogP contribution in [0.3, 0.4) is 0 Å². The summed E-state index contributed by atoms with van der Waals surface area (Å²) in [6.07, 6.45) is 0. The van der Waals surface area contributed by atoms with Gasteiger partial charge in [-0.05, 0) is 30.3 Å². The molecule has 0 fully saturated rings. The molecule has 2 aromatic heterocycles. The molecular formula is C21H13FN2OS. The molecule has 3 nitrogen and oxygen atoms in total. The molecule has 0 aliphatic rings. The molecule has 0 aliphatic carbocycles. The van der Waals surface area contributed by atoms with E-state index >= 15 is 0 Å². The minimum atomic E-state index is -0.386. The van der Waals surface area contributed by atoms with Crippen molar-refractivity contribution in [2.75, 3.05) is 0 Å². The number of H-pyrrole nitrogens is 1. The number of aromatic amines is 1. The molecule has 0 radical (unpaired) electrons. The first-order valence-electron chi connectivity index (χ1n) is 8.17. The molecule has 0 saturated carbocycles. The molecular weight excluding hydrogens is 347 g/mol. The normalized spacial score (nSPS) is 11.3. The zero-order chi connectivity index (χ0) is 17.5. The Morgan fingerprint density at radius 1 is 0.923 bits per heavy atom. The summed E-state index contributed by atoms with van der Waals surface area (Å²) in [4.78, 5) is 0. The average Bonchev–Trinajstić information content (AvgIpc) is 3.27. The number of benzene rings is 3. The summed E-state index contributed by atoms with van der Waals surface area (Å²) in [5.74, 6) is 0.381. The fourth-order valence-electron chi connectivity index (χ4n) is 3.08. The Balaban J connectivity index is 1.57. The predicted octanol–water partition coefficient (Wildman–Crippen LogP) is 6.38. The lowest BCUT2D eigenvalue weighted by atomic mass is 10.1. The van der Waals surface area contributed by atoms with Crippen LogP contribution in [0.5, 0.6) is 11.5 Å². The van der Waals surface area contributed by atoms with Crippen molar-refractivity contribution in [1.29, 1.82) is 0 Å². The maximum Gasteiger partial charge on any atom is 0.165 e. The molecule has 1 N–H and O–H groups in total. The van der Waals surface area contributed by atoms with E-state index in [1.807, 2.05) is 30.3 Å². The monoisotopic (exact) mass is 360 g/mol. The Kier molecular flexibility index (Phi) is 3.47. The molecule has 26 heavy (non-hydrogen) atoms. The highest BCUT2D eigenvalue weighted by molar-refractivity contribution is 7.17. The Bertz CT molecular complexity index is 1240. The first kappa shape index (κ1) is 15.1. The minimum absolute atomic E-state index is 0.204. The summed E-state index contributed by atoms with van der Waals surface area (Å²) in [6, 6.07) is 20.3. The van der Waals surface area contributed by atoms with Gasteiger partial charge < -0.3 is 4.74 Å². The summed E-state index contributed by atoms with van der Waals surface area (Å²) < 4.78 is 20.7. The zero-order valence-electron chi connectivity index (χ0n) is 13.6. The van der Waals surface area contributed by atoms with E-state index < -0.39 is 0 Å². The van der Waals surface area contributed by atoms with Crippen molar-refractivity contribution >= 4 is 32.3 Å². The van der Waals surface area contributed by atoms with E-state index in [4.69, 9.17) is 4.74 Å². The number of para-hydroxylation sites is 1. The van der Waals surface area contributed by atoms with Gasteiger partial charge in [-0.1, -0.05) is 30.3 Å². The van der Waals surface area contributed by atoms with E-state index in [-0.39, 0.29) is 11.6 Å². The summed E-state index contributed by atoms with van der Waals surface area (Å²) in [5, 5.41) is 11.9. The van der Waals surface area contributed by atoms with Crippen LogP contribution in [0.15, 0.2) is 72.1 Å². The number of fused-ring (bicyclic) bond motifs is 2. The Hall–Kier alpha value is -3.18. The van der Waals surface area contributed by atoms with Crippen molar-refractivity contribution in [1.82, 2.24) is 10.2 Å². The smallest absolute Gasteiger partial charge is 0.165 e. The van der Waals surface area contributed by atoms with E-state index in [0.717, 1.165) is 22.2 Å². The number of thiophene rings is 1. The van der Waals surface area contributed by atoms with Gasteiger partial charge in [0.1, 0.15) is 11.4 Å². The SMILES string of the molecule is Fc1ccccc1Oc1ccc2c(-c3csc4ccccc34)n[nH]c2c1. The minimum Gasteiger partial charge on any atom is -0.454 e. The van der Waals surface area contributed by atoms with E-state index in [1.54, 1.807) is 29.5 Å². The molecule has 0 amide bonds. The molecule has 0 saturated heterocycles. The summed E-state index contributed by atoms with van der Waals surface area (Å²) >= 11 is 1.71. The third kappa shape index (κ3) is 2.45. The largest absolute Gasteiger partial charge is 0.454 e. The van der Waals surface area contributed by atoms with Crippen LogP contribution in [-0.2, 0) is 0 Å². The molecule has 0 bridgehead atoms. The number of ether oxygens (including phenoxy) is 1. The van der Waals surface area contributed by atoms with Crippen LogP contribution >= 0.6 is 11.3 Å². The summed E-state index contributed by atoms with van der Waals surface area (Å²) in [6.45, 7) is 0. The maximum atomic E-state index is 13.8. The van der Waals surface area contributed by atoms with Gasteiger partial charge in [0.2, 0.25) is 0 Å². The Morgan fingerprint density at radius 2 is 1.77 bits per heavy atom. The lowest BCUT2D eigenvalue weighted by Crippen LogP contribution is -1.87. The molecule has 2 heterocycles. The number of halogens is 1. The third-order valence-electron chi connectivity index (χ3n) is 4.33. The van der Waals surface area contributed by atoms with Crippen LogP contribution in [0, 0.1) is 5.82 Å². The van der Waals surface area contributed by atoms with Gasteiger partial charge >= 0.3 is 0 Å². The zero-order valence-corrected chi connectivity index (χ0v) is 14.4. The van der Waals surface area contributed by atoms with Crippen LogP contribution in [0.2, 0.25) is 0 Å². The highest BCUT2D eigenvalue weighted by Gasteiger charge is 2.13. The van der Waals surface area contributed by atoms with Crippen LogP contribution in [0.4, 0.5) is 4.39 Å². The third-order valence-corrected chi connectivity index (χ3v) is 5.30. The van der Waals surface area contributed by atoms with E-state index in [0.29, 0.717) is 5.75 Å². The molecule has 3 aromatic carbocycles. The number of hydrogen-bond donors (Lipinski definition) is 1. The standard InChI is InChI=1S/C21H13FN2OS/c22-17-6-2-3-7-19(17)25-13-9-10-15-18(11-13)23-24-21(15)16-12-26-20-8-4-1-5-14(16)20/h1-12H,(H,23,24). The van der Waals surface area contributed by atoms with E-state index in [1.165, 1.54) is 16.2 Å². The molecule has 5 aromatic rings. The van der Waals surface area contributed by atoms with E-state index in [9.17, 15) is 4.39 Å². The number of rotatable bonds is 3. The highest BCUT2D eigenvalue weighted by Crippen LogP contribution is 2.37. The van der Waals surface area contributed by atoms with Crippen LogP contribution in [-0.4, -0.2) is 10.2 Å². The number of nitrogens with one attached hydrogen (secondary N) is 1. The quantitative estimate of drug-likeness (QED) is 0.405. The first-order valence-corrected chi connectivity index (χ1v) is 9.05. The van der Waals surface area contributed by atoms with Crippen molar-refractivity contribution in [2.24, 2.45) is 0 Å². The van der Waals surface area contributed by atoms with E-state index in [2.05, 4.69) is 27.7 Å². The van der Waals surface area contributed by atoms with Gasteiger partial charge in [-0.2, -0.15) is 5.10 Å². The fraction of sp³-hybridized carbons (Fsp3) is 0. The molecule has 0 unspecified atom stereocenters. The van der Waals surface area contributed by atoms with Crippen LogP contribution < -0.4 is 4.74 Å². The first-order chi connectivity index (χ1) is 12.8. The number of hydrogen-bond acceptors (Lipinski definition) is 3.